The largest absolute Gasteiger partial charge is 0.444 e. The number of hydrogen-bond donors (Lipinski definition) is 0. The Bertz CT molecular complexity index is 493. The van der Waals surface area contributed by atoms with Gasteiger partial charge in [-0.25, -0.2) is 9.18 Å². The van der Waals surface area contributed by atoms with Crippen LogP contribution < -0.4 is 0 Å². The van der Waals surface area contributed by atoms with Crippen molar-refractivity contribution in [1.82, 2.24) is 4.90 Å². The van der Waals surface area contributed by atoms with Crippen molar-refractivity contribution in [3.8, 4) is 0 Å². The third-order valence-electron chi connectivity index (χ3n) is 3.27. The average Bonchev–Trinajstić information content (AvgIpc) is 2.26. The topological polar surface area (TPSA) is 29.5 Å². The summed E-state index contributed by atoms with van der Waals surface area (Å²) in [5, 5.41) is 0. The van der Waals surface area contributed by atoms with Crippen LogP contribution in [0.5, 0.6) is 0 Å². The Morgan fingerprint density at radius 1 is 1.42 bits per heavy atom. The molecule has 0 unspecified atom stereocenters. The van der Waals surface area contributed by atoms with Crippen molar-refractivity contribution in [2.45, 2.75) is 45.8 Å². The van der Waals surface area contributed by atoms with E-state index in [1.807, 2.05) is 27.7 Å². The summed E-state index contributed by atoms with van der Waals surface area (Å²) in [5.74, 6) is -0.225. The van der Waals surface area contributed by atoms with Crippen LogP contribution in [0, 0.1) is 5.82 Å². The van der Waals surface area contributed by atoms with Gasteiger partial charge in [-0.05, 0) is 57.4 Å². The first-order chi connectivity index (χ1) is 8.78. The fraction of sp³-hybridized carbons (Fsp3) is 0.533. The highest BCUT2D eigenvalue weighted by atomic mass is 19.1. The van der Waals surface area contributed by atoms with Crippen LogP contribution in [-0.2, 0) is 11.2 Å². The van der Waals surface area contributed by atoms with Gasteiger partial charge in [0.05, 0.1) is 6.04 Å². The minimum absolute atomic E-state index is 0.0841. The molecule has 0 radical (unpaired) electrons. The van der Waals surface area contributed by atoms with Crippen LogP contribution in [0.15, 0.2) is 18.2 Å². The number of fused-ring (bicyclic) bond motifs is 1. The van der Waals surface area contributed by atoms with Gasteiger partial charge >= 0.3 is 6.09 Å². The third kappa shape index (κ3) is 3.06. The molecular formula is C15H20FNO2. The van der Waals surface area contributed by atoms with Crippen molar-refractivity contribution in [3.05, 3.63) is 35.1 Å². The lowest BCUT2D eigenvalue weighted by Gasteiger charge is -2.36. The predicted octanol–water partition coefficient (Wildman–Crippen LogP) is 3.68. The molecule has 0 spiro atoms. The number of nitrogens with zero attached hydrogens (tertiary/aromatic N) is 1. The Hall–Kier alpha value is -1.58. The standard InChI is InChI=1S/C15H20FNO2/c1-10-13-6-5-12(16)9-11(13)7-8-17(10)14(18)19-15(2,3)4/h5-6,9-10H,7-8H2,1-4H3/t10-/m1/s1. The minimum atomic E-state index is -0.500. The number of ether oxygens (including phenoxy) is 1. The number of amides is 1. The van der Waals surface area contributed by atoms with Gasteiger partial charge in [0.25, 0.3) is 0 Å². The molecule has 104 valence electrons. The second-order valence-corrected chi connectivity index (χ2v) is 5.94. The van der Waals surface area contributed by atoms with E-state index in [1.165, 1.54) is 6.07 Å². The quantitative estimate of drug-likeness (QED) is 0.716. The van der Waals surface area contributed by atoms with E-state index in [0.29, 0.717) is 13.0 Å². The second kappa shape index (κ2) is 4.83. The van der Waals surface area contributed by atoms with Gasteiger partial charge in [-0.1, -0.05) is 6.07 Å². The van der Waals surface area contributed by atoms with Crippen LogP contribution in [0.25, 0.3) is 0 Å². The molecule has 0 saturated carbocycles. The van der Waals surface area contributed by atoms with E-state index in [0.717, 1.165) is 11.1 Å². The summed E-state index contributed by atoms with van der Waals surface area (Å²) in [6.07, 6.45) is 0.353. The first-order valence-corrected chi connectivity index (χ1v) is 6.56. The zero-order chi connectivity index (χ0) is 14.2. The number of carbonyl (C=O) groups is 1. The maximum Gasteiger partial charge on any atom is 0.410 e. The molecule has 19 heavy (non-hydrogen) atoms. The summed E-state index contributed by atoms with van der Waals surface area (Å²) in [4.78, 5) is 13.8. The van der Waals surface area contributed by atoms with Crippen LogP contribution in [0.2, 0.25) is 0 Å². The van der Waals surface area contributed by atoms with E-state index in [2.05, 4.69) is 0 Å². The molecule has 1 aromatic rings. The van der Waals surface area contributed by atoms with Crippen LogP contribution >= 0.6 is 0 Å². The summed E-state index contributed by atoms with van der Waals surface area (Å²) in [5.41, 5.74) is 1.48. The molecule has 1 aromatic carbocycles. The minimum Gasteiger partial charge on any atom is -0.444 e. The molecule has 2 rings (SSSR count). The fourth-order valence-corrected chi connectivity index (χ4v) is 2.37. The van der Waals surface area contributed by atoms with E-state index in [-0.39, 0.29) is 18.0 Å². The normalized spacial score (nSPS) is 19.0. The smallest absolute Gasteiger partial charge is 0.410 e. The maximum atomic E-state index is 13.2. The lowest BCUT2D eigenvalue weighted by molar-refractivity contribution is 0.0159. The van der Waals surface area contributed by atoms with E-state index < -0.39 is 5.60 Å². The number of rotatable bonds is 0. The molecule has 0 bridgehead atoms. The summed E-state index contributed by atoms with van der Waals surface area (Å²) in [7, 11) is 0. The van der Waals surface area contributed by atoms with Gasteiger partial charge in [0.1, 0.15) is 11.4 Å². The SMILES string of the molecule is C[C@@H]1c2ccc(F)cc2CCN1C(=O)OC(C)(C)C. The molecule has 0 N–H and O–H groups in total. The monoisotopic (exact) mass is 265 g/mol. The predicted molar refractivity (Wildman–Crippen MR) is 71.5 cm³/mol. The van der Waals surface area contributed by atoms with E-state index in [1.54, 1.807) is 17.0 Å². The molecule has 1 amide bonds. The van der Waals surface area contributed by atoms with Gasteiger partial charge in [-0.15, -0.1) is 0 Å². The molecule has 1 aliphatic heterocycles. The van der Waals surface area contributed by atoms with Crippen LogP contribution in [0.4, 0.5) is 9.18 Å². The molecule has 3 nitrogen and oxygen atoms in total. The Balaban J connectivity index is 2.19. The molecule has 0 aromatic heterocycles. The first-order valence-electron chi connectivity index (χ1n) is 6.56. The third-order valence-corrected chi connectivity index (χ3v) is 3.27. The maximum absolute atomic E-state index is 13.2. The van der Waals surface area contributed by atoms with Crippen molar-refractivity contribution in [3.63, 3.8) is 0 Å². The Kier molecular flexibility index (Phi) is 3.52. The van der Waals surface area contributed by atoms with Crippen molar-refractivity contribution < 1.29 is 13.9 Å². The van der Waals surface area contributed by atoms with Gasteiger partial charge in [0.2, 0.25) is 0 Å². The van der Waals surface area contributed by atoms with E-state index in [4.69, 9.17) is 4.74 Å². The lowest BCUT2D eigenvalue weighted by atomic mass is 9.94. The van der Waals surface area contributed by atoms with E-state index in [9.17, 15) is 9.18 Å². The van der Waals surface area contributed by atoms with Gasteiger partial charge in [-0.3, -0.25) is 0 Å². The van der Waals surface area contributed by atoms with Crippen LogP contribution in [0.1, 0.15) is 44.9 Å². The van der Waals surface area contributed by atoms with Gasteiger partial charge in [0.15, 0.2) is 0 Å². The summed E-state index contributed by atoms with van der Waals surface area (Å²) < 4.78 is 18.6. The molecule has 4 heteroatoms. The summed E-state index contributed by atoms with van der Waals surface area (Å²) >= 11 is 0. The van der Waals surface area contributed by atoms with Gasteiger partial charge < -0.3 is 9.64 Å². The zero-order valence-electron chi connectivity index (χ0n) is 11.9. The summed E-state index contributed by atoms with van der Waals surface area (Å²) in [6.45, 7) is 8.06. The zero-order valence-corrected chi connectivity index (χ0v) is 11.9. The number of halogens is 1. The van der Waals surface area contributed by atoms with Gasteiger partial charge in [-0.2, -0.15) is 0 Å². The Labute approximate surface area is 113 Å². The highest BCUT2D eigenvalue weighted by molar-refractivity contribution is 5.69. The van der Waals surface area contributed by atoms with Gasteiger partial charge in [0, 0.05) is 6.54 Å². The van der Waals surface area contributed by atoms with Crippen LogP contribution in [-0.4, -0.2) is 23.1 Å². The molecule has 1 heterocycles. The lowest BCUT2D eigenvalue weighted by Crippen LogP contribution is -2.42. The Morgan fingerprint density at radius 2 is 2.11 bits per heavy atom. The number of benzene rings is 1. The molecule has 0 fully saturated rings. The summed E-state index contributed by atoms with van der Waals surface area (Å²) in [6, 6.07) is 4.66. The van der Waals surface area contributed by atoms with Crippen molar-refractivity contribution in [2.75, 3.05) is 6.54 Å². The first kappa shape index (κ1) is 13.8. The second-order valence-electron chi connectivity index (χ2n) is 5.94. The highest BCUT2D eigenvalue weighted by Gasteiger charge is 2.30. The Morgan fingerprint density at radius 3 is 2.74 bits per heavy atom. The van der Waals surface area contributed by atoms with Crippen molar-refractivity contribution >= 4 is 6.09 Å². The fourth-order valence-electron chi connectivity index (χ4n) is 2.37. The van der Waals surface area contributed by atoms with Crippen molar-refractivity contribution in [2.24, 2.45) is 0 Å². The highest BCUT2D eigenvalue weighted by Crippen LogP contribution is 2.30. The number of hydrogen-bond acceptors (Lipinski definition) is 2. The van der Waals surface area contributed by atoms with Crippen LogP contribution in [0.3, 0.4) is 0 Å². The van der Waals surface area contributed by atoms with Crippen molar-refractivity contribution in [1.29, 1.82) is 0 Å². The molecule has 1 atom stereocenters. The molecule has 1 aliphatic rings. The average molecular weight is 265 g/mol. The molecule has 0 aliphatic carbocycles. The van der Waals surface area contributed by atoms with E-state index >= 15 is 0 Å². The number of carbonyl (C=O) groups excluding carboxylic acids is 1. The molecular weight excluding hydrogens is 245 g/mol. The molecule has 0 saturated heterocycles.